The lowest BCUT2D eigenvalue weighted by molar-refractivity contribution is -0.117. The Bertz CT molecular complexity index is 547. The molecular formula is C12H13ClN2O4S. The van der Waals surface area contributed by atoms with Gasteiger partial charge in [0.25, 0.3) is 0 Å². The summed E-state index contributed by atoms with van der Waals surface area (Å²) < 4.78 is 5.00. The summed E-state index contributed by atoms with van der Waals surface area (Å²) in [6.07, 6.45) is 0. The maximum atomic E-state index is 12.0. The molecule has 1 heterocycles. The molecule has 8 heteroatoms. The van der Waals surface area contributed by atoms with Crippen LogP contribution in [0.3, 0.4) is 0 Å². The summed E-state index contributed by atoms with van der Waals surface area (Å²) >= 11 is 7.63. The predicted molar refractivity (Wildman–Crippen MR) is 77.8 cm³/mol. The molecule has 1 aliphatic heterocycles. The summed E-state index contributed by atoms with van der Waals surface area (Å²) in [6.45, 7) is 0. The van der Waals surface area contributed by atoms with E-state index in [0.29, 0.717) is 11.4 Å². The van der Waals surface area contributed by atoms with E-state index in [1.807, 2.05) is 0 Å². The van der Waals surface area contributed by atoms with E-state index < -0.39 is 5.97 Å². The first kappa shape index (κ1) is 15.0. The summed E-state index contributed by atoms with van der Waals surface area (Å²) in [7, 11) is 1.36. The van der Waals surface area contributed by atoms with Crippen molar-refractivity contribution in [3.05, 3.63) is 22.7 Å². The highest BCUT2D eigenvalue weighted by atomic mass is 35.5. The van der Waals surface area contributed by atoms with E-state index >= 15 is 0 Å². The maximum Gasteiger partial charge on any atom is 0.339 e. The lowest BCUT2D eigenvalue weighted by atomic mass is 10.1. The van der Waals surface area contributed by atoms with Crippen molar-refractivity contribution in [1.29, 1.82) is 0 Å². The molecule has 20 heavy (non-hydrogen) atoms. The molecular weight excluding hydrogens is 304 g/mol. The monoisotopic (exact) mass is 316 g/mol. The molecule has 1 aromatic carbocycles. The van der Waals surface area contributed by atoms with Gasteiger partial charge in [0, 0.05) is 17.7 Å². The van der Waals surface area contributed by atoms with Gasteiger partial charge in [0.15, 0.2) is 0 Å². The van der Waals surface area contributed by atoms with Crippen molar-refractivity contribution in [1.82, 2.24) is 5.32 Å². The van der Waals surface area contributed by atoms with Crippen molar-refractivity contribution in [3.8, 4) is 5.75 Å². The van der Waals surface area contributed by atoms with Crippen LogP contribution in [0.1, 0.15) is 10.4 Å². The molecule has 1 atom stereocenters. The van der Waals surface area contributed by atoms with Crippen LogP contribution >= 0.6 is 23.4 Å². The van der Waals surface area contributed by atoms with Crippen LogP contribution in [0.2, 0.25) is 5.02 Å². The van der Waals surface area contributed by atoms with Crippen LogP contribution in [0, 0.1) is 0 Å². The van der Waals surface area contributed by atoms with Crippen molar-refractivity contribution in [2.75, 3.05) is 24.1 Å². The molecule has 1 aromatic rings. The van der Waals surface area contributed by atoms with Gasteiger partial charge in [-0.05, 0) is 6.07 Å². The molecule has 0 bridgehead atoms. The normalized spacial score (nSPS) is 17.8. The molecule has 0 radical (unpaired) electrons. The highest BCUT2D eigenvalue weighted by Gasteiger charge is 2.24. The molecule has 0 saturated carbocycles. The Morgan fingerprint density at radius 3 is 2.85 bits per heavy atom. The molecule has 1 fully saturated rings. The number of thioether (sulfide) groups is 1. The molecule has 0 spiro atoms. The Labute approximate surface area is 124 Å². The van der Waals surface area contributed by atoms with Crippen molar-refractivity contribution in [2.45, 2.75) is 6.04 Å². The van der Waals surface area contributed by atoms with E-state index in [1.165, 1.54) is 19.2 Å². The summed E-state index contributed by atoms with van der Waals surface area (Å²) in [5, 5.41) is 14.9. The zero-order valence-electron chi connectivity index (χ0n) is 10.6. The van der Waals surface area contributed by atoms with Crippen molar-refractivity contribution in [2.24, 2.45) is 0 Å². The van der Waals surface area contributed by atoms with E-state index in [4.69, 9.17) is 21.4 Å². The van der Waals surface area contributed by atoms with Crippen LogP contribution in [0.25, 0.3) is 0 Å². The fourth-order valence-corrected chi connectivity index (χ4v) is 2.92. The van der Waals surface area contributed by atoms with Gasteiger partial charge >= 0.3 is 5.97 Å². The van der Waals surface area contributed by atoms with Gasteiger partial charge in [-0.2, -0.15) is 0 Å². The van der Waals surface area contributed by atoms with Crippen LogP contribution in [-0.4, -0.2) is 41.8 Å². The Kier molecular flexibility index (Phi) is 4.74. The standard InChI is InChI=1S/C12H13ClN2O4S/c1-19-10-3-8(7(13)2-6(10)12(17)18)15-11(16)9-4-20-5-14-9/h2-3,9,14H,4-5H2,1H3,(H,15,16)(H,17,18). The molecule has 1 unspecified atom stereocenters. The van der Waals surface area contributed by atoms with Crippen LogP contribution in [-0.2, 0) is 4.79 Å². The van der Waals surface area contributed by atoms with Crippen molar-refractivity contribution < 1.29 is 19.4 Å². The SMILES string of the molecule is COc1cc(NC(=O)C2CSCN2)c(Cl)cc1C(=O)O. The van der Waals surface area contributed by atoms with E-state index in [9.17, 15) is 9.59 Å². The van der Waals surface area contributed by atoms with Crippen molar-refractivity contribution >= 4 is 40.9 Å². The van der Waals surface area contributed by atoms with Crippen LogP contribution < -0.4 is 15.4 Å². The zero-order valence-corrected chi connectivity index (χ0v) is 12.2. The first-order valence-corrected chi connectivity index (χ1v) is 7.29. The highest BCUT2D eigenvalue weighted by molar-refractivity contribution is 7.99. The van der Waals surface area contributed by atoms with Crippen LogP contribution in [0.4, 0.5) is 5.69 Å². The number of rotatable bonds is 4. The van der Waals surface area contributed by atoms with Gasteiger partial charge in [0.2, 0.25) is 5.91 Å². The molecule has 108 valence electrons. The number of methoxy groups -OCH3 is 1. The van der Waals surface area contributed by atoms with Crippen LogP contribution in [0.5, 0.6) is 5.75 Å². The van der Waals surface area contributed by atoms with Gasteiger partial charge in [0.05, 0.1) is 23.9 Å². The van der Waals surface area contributed by atoms with E-state index in [-0.39, 0.29) is 28.3 Å². The topological polar surface area (TPSA) is 87.7 Å². The Hall–Kier alpha value is -1.44. The average Bonchev–Trinajstić information content (AvgIpc) is 2.94. The smallest absolute Gasteiger partial charge is 0.339 e. The summed E-state index contributed by atoms with van der Waals surface area (Å²) in [5.74, 6) is 0.212. The second-order valence-corrected chi connectivity index (χ2v) is 5.54. The molecule has 1 saturated heterocycles. The third-order valence-corrected chi connectivity index (χ3v) is 4.06. The molecule has 0 aromatic heterocycles. The Balaban J connectivity index is 2.23. The summed E-state index contributed by atoms with van der Waals surface area (Å²) in [4.78, 5) is 23.0. The van der Waals surface area contributed by atoms with E-state index in [1.54, 1.807) is 11.8 Å². The lowest BCUT2D eigenvalue weighted by Crippen LogP contribution is -2.37. The number of amides is 1. The highest BCUT2D eigenvalue weighted by Crippen LogP contribution is 2.31. The molecule has 2 rings (SSSR count). The van der Waals surface area contributed by atoms with E-state index in [2.05, 4.69) is 10.6 Å². The van der Waals surface area contributed by atoms with E-state index in [0.717, 1.165) is 5.88 Å². The quantitative estimate of drug-likeness (QED) is 0.783. The fraction of sp³-hybridized carbons (Fsp3) is 0.333. The number of halogens is 1. The number of hydrogen-bond donors (Lipinski definition) is 3. The second kappa shape index (κ2) is 6.34. The van der Waals surface area contributed by atoms with Crippen molar-refractivity contribution in [3.63, 3.8) is 0 Å². The molecule has 0 aliphatic carbocycles. The van der Waals surface area contributed by atoms with Gasteiger partial charge in [-0.25, -0.2) is 4.79 Å². The maximum absolute atomic E-state index is 12.0. The molecule has 6 nitrogen and oxygen atoms in total. The summed E-state index contributed by atoms with van der Waals surface area (Å²) in [5.41, 5.74) is 0.280. The third-order valence-electron chi connectivity index (χ3n) is 2.81. The van der Waals surface area contributed by atoms with Gasteiger partial charge in [-0.1, -0.05) is 11.6 Å². The minimum absolute atomic E-state index is 0.0509. The van der Waals surface area contributed by atoms with Crippen LogP contribution in [0.15, 0.2) is 12.1 Å². The van der Waals surface area contributed by atoms with Gasteiger partial charge in [-0.15, -0.1) is 11.8 Å². The number of nitrogens with one attached hydrogen (secondary N) is 2. The molecule has 1 aliphatic rings. The Morgan fingerprint density at radius 1 is 1.55 bits per heavy atom. The number of anilines is 1. The molecule has 1 amide bonds. The Morgan fingerprint density at radius 2 is 2.30 bits per heavy atom. The number of hydrogen-bond acceptors (Lipinski definition) is 5. The predicted octanol–water partition coefficient (Wildman–Crippen LogP) is 1.65. The first-order valence-electron chi connectivity index (χ1n) is 5.75. The summed E-state index contributed by atoms with van der Waals surface area (Å²) in [6, 6.07) is 2.39. The zero-order chi connectivity index (χ0) is 14.7. The average molecular weight is 317 g/mol. The number of carboxylic acids is 1. The minimum atomic E-state index is -1.14. The lowest BCUT2D eigenvalue weighted by Gasteiger charge is -2.14. The van der Waals surface area contributed by atoms with Gasteiger partial charge < -0.3 is 15.2 Å². The minimum Gasteiger partial charge on any atom is -0.496 e. The first-order chi connectivity index (χ1) is 9.52. The number of carboxylic acid groups (broad SMARTS) is 1. The fourth-order valence-electron chi connectivity index (χ4n) is 1.77. The molecule has 3 N–H and O–H groups in total. The largest absolute Gasteiger partial charge is 0.496 e. The number of carbonyl (C=O) groups is 2. The number of benzene rings is 1. The number of aromatic carboxylic acids is 1. The third kappa shape index (κ3) is 3.17. The number of carbonyl (C=O) groups excluding carboxylic acids is 1. The number of ether oxygens (including phenoxy) is 1. The van der Waals surface area contributed by atoms with Gasteiger partial charge in [0.1, 0.15) is 11.3 Å². The van der Waals surface area contributed by atoms with Gasteiger partial charge in [-0.3, -0.25) is 10.1 Å². The second-order valence-electron chi connectivity index (χ2n) is 4.10.